The number of halogens is 1. The molecule has 0 aliphatic carbocycles. The molecule has 2 atom stereocenters. The summed E-state index contributed by atoms with van der Waals surface area (Å²) in [5.74, 6) is 0. The first kappa shape index (κ1) is 15.2. The molecule has 7 heteroatoms. The summed E-state index contributed by atoms with van der Waals surface area (Å²) in [5, 5.41) is 14.2. The van der Waals surface area contributed by atoms with E-state index in [0.717, 1.165) is 18.7 Å². The number of ether oxygens (including phenoxy) is 2. The molecule has 0 amide bonds. The predicted octanol–water partition coefficient (Wildman–Crippen LogP) is 2.14. The molecule has 6 nitrogen and oxygen atoms in total. The maximum absolute atomic E-state index is 10.6. The van der Waals surface area contributed by atoms with Crippen LogP contribution in [-0.4, -0.2) is 36.8 Å². The summed E-state index contributed by atoms with van der Waals surface area (Å²) < 4.78 is 11.3. The van der Waals surface area contributed by atoms with Gasteiger partial charge in [-0.3, -0.25) is 10.1 Å². The lowest BCUT2D eigenvalue weighted by Crippen LogP contribution is -2.45. The topological polar surface area (TPSA) is 73.6 Å². The van der Waals surface area contributed by atoms with Gasteiger partial charge in [0.15, 0.2) is 0 Å². The van der Waals surface area contributed by atoms with E-state index in [1.54, 1.807) is 6.07 Å². The van der Waals surface area contributed by atoms with Crippen molar-refractivity contribution in [3.05, 3.63) is 38.9 Å². The van der Waals surface area contributed by atoms with E-state index in [2.05, 4.69) is 5.32 Å². The Balaban J connectivity index is 1.83. The molecule has 0 radical (unpaired) electrons. The third-order valence-electron chi connectivity index (χ3n) is 3.04. The number of benzene rings is 1. The minimum atomic E-state index is -0.473. The standard InChI is InChI=1S/C13H17ClN2O4/c1-9-5-15-6-12(20-9)8-19-7-10-2-3-11(16(17)18)4-13(10)14/h2-4,9,12,15H,5-8H2,1H3. The molecule has 0 aromatic heterocycles. The number of hydrogen-bond acceptors (Lipinski definition) is 5. The van der Waals surface area contributed by atoms with Crippen LogP contribution in [0.2, 0.25) is 5.02 Å². The van der Waals surface area contributed by atoms with E-state index in [4.69, 9.17) is 21.1 Å². The normalized spacial score (nSPS) is 22.7. The molecule has 1 aromatic carbocycles. The van der Waals surface area contributed by atoms with Crippen LogP contribution in [0.15, 0.2) is 18.2 Å². The first-order valence-corrected chi connectivity index (χ1v) is 6.81. The van der Waals surface area contributed by atoms with Gasteiger partial charge in [-0.2, -0.15) is 0 Å². The molecule has 0 bridgehead atoms. The lowest BCUT2D eigenvalue weighted by molar-refractivity contribution is -0.384. The van der Waals surface area contributed by atoms with Gasteiger partial charge in [0.25, 0.3) is 5.69 Å². The fraction of sp³-hybridized carbons (Fsp3) is 0.538. The Kier molecular flexibility index (Phi) is 5.31. The van der Waals surface area contributed by atoms with Gasteiger partial charge < -0.3 is 14.8 Å². The number of nitrogens with one attached hydrogen (secondary N) is 1. The quantitative estimate of drug-likeness (QED) is 0.666. The van der Waals surface area contributed by atoms with E-state index >= 15 is 0 Å². The minimum absolute atomic E-state index is 0.0209. The monoisotopic (exact) mass is 300 g/mol. The summed E-state index contributed by atoms with van der Waals surface area (Å²) in [4.78, 5) is 10.1. The number of morpholine rings is 1. The van der Waals surface area contributed by atoms with Crippen LogP contribution in [0, 0.1) is 10.1 Å². The Labute approximate surface area is 122 Å². The van der Waals surface area contributed by atoms with Crippen LogP contribution >= 0.6 is 11.6 Å². The molecule has 1 aromatic rings. The highest BCUT2D eigenvalue weighted by atomic mass is 35.5. The molecule has 1 N–H and O–H groups in total. The van der Waals surface area contributed by atoms with Gasteiger partial charge in [-0.1, -0.05) is 11.6 Å². The molecule has 110 valence electrons. The number of rotatable bonds is 5. The average Bonchev–Trinajstić information content (AvgIpc) is 2.40. The molecular formula is C13H17ClN2O4. The highest BCUT2D eigenvalue weighted by molar-refractivity contribution is 6.31. The number of nitro groups is 1. The van der Waals surface area contributed by atoms with Crippen molar-refractivity contribution in [2.75, 3.05) is 19.7 Å². The molecule has 2 unspecified atom stereocenters. The molecule has 1 saturated heterocycles. The highest BCUT2D eigenvalue weighted by Gasteiger charge is 2.19. The zero-order valence-electron chi connectivity index (χ0n) is 11.2. The van der Waals surface area contributed by atoms with Gasteiger partial charge in [0.05, 0.1) is 35.4 Å². The summed E-state index contributed by atoms with van der Waals surface area (Å²) in [5.41, 5.74) is 0.710. The van der Waals surface area contributed by atoms with Crippen molar-refractivity contribution in [2.24, 2.45) is 0 Å². The van der Waals surface area contributed by atoms with Crippen LogP contribution < -0.4 is 5.32 Å². The van der Waals surface area contributed by atoms with Crippen molar-refractivity contribution in [3.63, 3.8) is 0 Å². The van der Waals surface area contributed by atoms with Gasteiger partial charge in [-0.25, -0.2) is 0 Å². The van der Waals surface area contributed by atoms with Gasteiger partial charge in [0.2, 0.25) is 0 Å². The Morgan fingerprint density at radius 1 is 1.55 bits per heavy atom. The van der Waals surface area contributed by atoms with Crippen LogP contribution in [0.3, 0.4) is 0 Å². The average molecular weight is 301 g/mol. The molecule has 1 aliphatic rings. The van der Waals surface area contributed by atoms with Crippen LogP contribution in [0.25, 0.3) is 0 Å². The fourth-order valence-corrected chi connectivity index (χ4v) is 2.27. The molecule has 20 heavy (non-hydrogen) atoms. The van der Waals surface area contributed by atoms with E-state index in [9.17, 15) is 10.1 Å². The van der Waals surface area contributed by atoms with Gasteiger partial charge in [0, 0.05) is 25.2 Å². The third-order valence-corrected chi connectivity index (χ3v) is 3.39. The number of non-ortho nitro benzene ring substituents is 1. The van der Waals surface area contributed by atoms with Crippen molar-refractivity contribution in [2.45, 2.75) is 25.7 Å². The van der Waals surface area contributed by atoms with Gasteiger partial charge in [-0.05, 0) is 18.6 Å². The van der Waals surface area contributed by atoms with Crippen LogP contribution in [0.4, 0.5) is 5.69 Å². The van der Waals surface area contributed by atoms with Gasteiger partial charge >= 0.3 is 0 Å². The second-order valence-electron chi connectivity index (χ2n) is 4.77. The molecule has 1 aliphatic heterocycles. The SMILES string of the molecule is CC1CNCC(COCc2ccc([N+](=O)[O-])cc2Cl)O1. The van der Waals surface area contributed by atoms with E-state index in [1.165, 1.54) is 12.1 Å². The molecule has 1 fully saturated rings. The van der Waals surface area contributed by atoms with Crippen LogP contribution in [0.5, 0.6) is 0 Å². The predicted molar refractivity (Wildman–Crippen MR) is 75.0 cm³/mol. The maximum atomic E-state index is 10.6. The Hall–Kier alpha value is -1.21. The van der Waals surface area contributed by atoms with Crippen molar-refractivity contribution >= 4 is 17.3 Å². The van der Waals surface area contributed by atoms with E-state index in [1.807, 2.05) is 6.92 Å². The Bertz CT molecular complexity index is 483. The van der Waals surface area contributed by atoms with E-state index in [0.29, 0.717) is 18.2 Å². The summed E-state index contributed by atoms with van der Waals surface area (Å²) in [6.07, 6.45) is 0.205. The first-order valence-electron chi connectivity index (χ1n) is 6.43. The van der Waals surface area contributed by atoms with Gasteiger partial charge in [-0.15, -0.1) is 0 Å². The van der Waals surface area contributed by atoms with Gasteiger partial charge in [0.1, 0.15) is 0 Å². The van der Waals surface area contributed by atoms with Crippen molar-refractivity contribution in [1.29, 1.82) is 0 Å². The molecule has 2 rings (SSSR count). The zero-order valence-corrected chi connectivity index (χ0v) is 11.9. The van der Waals surface area contributed by atoms with Crippen molar-refractivity contribution in [1.82, 2.24) is 5.32 Å². The fourth-order valence-electron chi connectivity index (χ4n) is 2.04. The third kappa shape index (κ3) is 4.14. The Morgan fingerprint density at radius 3 is 3.00 bits per heavy atom. The first-order chi connectivity index (χ1) is 9.56. The smallest absolute Gasteiger partial charge is 0.270 e. The second kappa shape index (κ2) is 6.99. The molecule has 0 saturated carbocycles. The number of nitrogens with zero attached hydrogens (tertiary/aromatic N) is 1. The van der Waals surface area contributed by atoms with Crippen LogP contribution in [-0.2, 0) is 16.1 Å². The maximum Gasteiger partial charge on any atom is 0.270 e. The number of hydrogen-bond donors (Lipinski definition) is 1. The van der Waals surface area contributed by atoms with Crippen LogP contribution in [0.1, 0.15) is 12.5 Å². The molecule has 0 spiro atoms. The van der Waals surface area contributed by atoms with E-state index in [-0.39, 0.29) is 17.9 Å². The van der Waals surface area contributed by atoms with E-state index < -0.39 is 4.92 Å². The molecular weight excluding hydrogens is 284 g/mol. The lowest BCUT2D eigenvalue weighted by atomic mass is 10.2. The summed E-state index contributed by atoms with van der Waals surface area (Å²) in [6, 6.07) is 4.37. The lowest BCUT2D eigenvalue weighted by Gasteiger charge is -2.28. The number of nitro benzene ring substituents is 1. The van der Waals surface area contributed by atoms with Crippen molar-refractivity contribution < 1.29 is 14.4 Å². The molecule has 1 heterocycles. The van der Waals surface area contributed by atoms with Crippen molar-refractivity contribution in [3.8, 4) is 0 Å². The zero-order chi connectivity index (χ0) is 14.5. The summed E-state index contributed by atoms with van der Waals surface area (Å²) in [6.45, 7) is 4.39. The highest BCUT2D eigenvalue weighted by Crippen LogP contribution is 2.23. The minimum Gasteiger partial charge on any atom is -0.374 e. The second-order valence-corrected chi connectivity index (χ2v) is 5.18. The Morgan fingerprint density at radius 2 is 2.35 bits per heavy atom. The summed E-state index contributed by atoms with van der Waals surface area (Å²) >= 11 is 5.99. The summed E-state index contributed by atoms with van der Waals surface area (Å²) in [7, 11) is 0. The largest absolute Gasteiger partial charge is 0.374 e.